The van der Waals surface area contributed by atoms with Crippen LogP contribution in [0.25, 0.3) is 0 Å². The number of amides is 2. The zero-order chi connectivity index (χ0) is 15.6. The van der Waals surface area contributed by atoms with Crippen LogP contribution >= 0.6 is 46.4 Å². The molecule has 2 aromatic rings. The van der Waals surface area contributed by atoms with E-state index in [2.05, 4.69) is 15.3 Å². The fourth-order valence-corrected chi connectivity index (χ4v) is 2.36. The number of imide groups is 1. The van der Waals surface area contributed by atoms with Crippen molar-refractivity contribution in [3.63, 3.8) is 0 Å². The maximum atomic E-state index is 11.9. The number of nitrogens with one attached hydrogen (secondary N) is 1. The average Bonchev–Trinajstić information content (AvgIpc) is 2.36. The minimum absolute atomic E-state index is 0.0371. The molecule has 0 radical (unpaired) electrons. The van der Waals surface area contributed by atoms with Crippen molar-refractivity contribution in [3.05, 3.63) is 56.0 Å². The lowest BCUT2D eigenvalue weighted by Crippen LogP contribution is -2.30. The van der Waals surface area contributed by atoms with E-state index < -0.39 is 11.8 Å². The molecule has 0 aromatic carbocycles. The lowest BCUT2D eigenvalue weighted by molar-refractivity contribution is 0.0849. The van der Waals surface area contributed by atoms with E-state index in [0.29, 0.717) is 0 Å². The van der Waals surface area contributed by atoms with Gasteiger partial charge in [-0.3, -0.25) is 14.9 Å². The number of nitrogens with zero attached hydrogens (tertiary/aromatic N) is 2. The zero-order valence-electron chi connectivity index (χ0n) is 10.0. The summed E-state index contributed by atoms with van der Waals surface area (Å²) in [5.41, 5.74) is 0.194. The molecule has 0 unspecified atom stereocenters. The monoisotopic (exact) mass is 363 g/mol. The molecule has 108 valence electrons. The number of hydrogen-bond donors (Lipinski definition) is 1. The molecule has 0 fully saturated rings. The Balaban J connectivity index is 2.20. The van der Waals surface area contributed by atoms with Gasteiger partial charge in [0.25, 0.3) is 11.8 Å². The molecule has 0 aliphatic rings. The number of hydrogen-bond acceptors (Lipinski definition) is 4. The maximum absolute atomic E-state index is 11.9. The molecule has 1 N–H and O–H groups in total. The average molecular weight is 365 g/mol. The Bertz CT molecular complexity index is 634. The normalized spacial score (nSPS) is 10.3. The van der Waals surface area contributed by atoms with E-state index in [9.17, 15) is 9.59 Å². The molecular weight excluding hydrogens is 360 g/mol. The molecule has 2 amide bonds. The van der Waals surface area contributed by atoms with Gasteiger partial charge in [0.1, 0.15) is 20.6 Å². The van der Waals surface area contributed by atoms with Crippen LogP contribution in [-0.2, 0) is 0 Å². The Morgan fingerprint density at radius 2 is 1.00 bits per heavy atom. The third-order valence-corrected chi connectivity index (χ3v) is 3.05. The third-order valence-electron chi connectivity index (χ3n) is 2.28. The van der Waals surface area contributed by atoms with Crippen LogP contribution in [0.3, 0.4) is 0 Å². The van der Waals surface area contributed by atoms with Crippen molar-refractivity contribution in [3.8, 4) is 0 Å². The number of pyridine rings is 2. The SMILES string of the molecule is O=C(NC(=O)c1cc(Cl)nc(Cl)c1)c1cc(Cl)nc(Cl)c1. The molecule has 21 heavy (non-hydrogen) atoms. The number of aromatic nitrogens is 2. The van der Waals surface area contributed by atoms with E-state index in [4.69, 9.17) is 46.4 Å². The van der Waals surface area contributed by atoms with Crippen molar-refractivity contribution in [1.82, 2.24) is 15.3 Å². The van der Waals surface area contributed by atoms with Crippen LogP contribution in [0.4, 0.5) is 0 Å². The first-order valence-electron chi connectivity index (χ1n) is 5.37. The van der Waals surface area contributed by atoms with Crippen LogP contribution in [0.2, 0.25) is 20.6 Å². The number of carbonyl (C=O) groups is 2. The van der Waals surface area contributed by atoms with E-state index >= 15 is 0 Å². The second-order valence-electron chi connectivity index (χ2n) is 3.79. The van der Waals surface area contributed by atoms with Gasteiger partial charge in [-0.1, -0.05) is 46.4 Å². The standard InChI is InChI=1S/C12H5Cl4N3O2/c13-7-1-5(2-8(14)17-7)11(20)19-12(21)6-3-9(15)18-10(16)4-6/h1-4H,(H,19,20,21). The van der Waals surface area contributed by atoms with Gasteiger partial charge in [0.15, 0.2) is 0 Å². The molecule has 9 heteroatoms. The van der Waals surface area contributed by atoms with E-state index in [1.807, 2.05) is 0 Å². The van der Waals surface area contributed by atoms with Crippen LogP contribution in [-0.4, -0.2) is 21.8 Å². The van der Waals surface area contributed by atoms with Crippen molar-refractivity contribution in [1.29, 1.82) is 0 Å². The van der Waals surface area contributed by atoms with Crippen molar-refractivity contribution >= 4 is 58.2 Å². The van der Waals surface area contributed by atoms with Gasteiger partial charge in [0.2, 0.25) is 0 Å². The summed E-state index contributed by atoms with van der Waals surface area (Å²) in [6.45, 7) is 0. The minimum atomic E-state index is -0.685. The van der Waals surface area contributed by atoms with Gasteiger partial charge in [-0.2, -0.15) is 0 Å². The Labute approximate surface area is 139 Å². The van der Waals surface area contributed by atoms with Crippen LogP contribution in [0, 0.1) is 0 Å². The molecule has 0 aliphatic carbocycles. The molecule has 0 bridgehead atoms. The largest absolute Gasteiger partial charge is 0.288 e. The summed E-state index contributed by atoms with van der Waals surface area (Å²) >= 11 is 22.7. The smallest absolute Gasteiger partial charge is 0.258 e. The van der Waals surface area contributed by atoms with Crippen molar-refractivity contribution < 1.29 is 9.59 Å². The first-order chi connectivity index (χ1) is 9.85. The summed E-state index contributed by atoms with van der Waals surface area (Å²) < 4.78 is 0. The second kappa shape index (κ2) is 6.58. The Hall–Kier alpha value is -1.40. The van der Waals surface area contributed by atoms with Gasteiger partial charge < -0.3 is 0 Å². The summed E-state index contributed by atoms with van der Waals surface area (Å²) in [5, 5.41) is 2.30. The third kappa shape index (κ3) is 4.28. The highest BCUT2D eigenvalue weighted by Crippen LogP contribution is 2.16. The summed E-state index contributed by atoms with van der Waals surface area (Å²) in [5.74, 6) is -1.37. The van der Waals surface area contributed by atoms with E-state index in [1.54, 1.807) is 0 Å². The maximum Gasteiger partial charge on any atom is 0.258 e. The molecule has 5 nitrogen and oxygen atoms in total. The quantitative estimate of drug-likeness (QED) is 0.652. The Kier molecular flexibility index (Phi) is 5.00. The van der Waals surface area contributed by atoms with Gasteiger partial charge in [-0.05, 0) is 24.3 Å². The minimum Gasteiger partial charge on any atom is -0.288 e. The van der Waals surface area contributed by atoms with Crippen molar-refractivity contribution in [2.24, 2.45) is 0 Å². The summed E-state index contributed by atoms with van der Waals surface area (Å²) in [6.07, 6.45) is 0. The van der Waals surface area contributed by atoms with Gasteiger partial charge in [-0.25, -0.2) is 9.97 Å². The molecular formula is C12H5Cl4N3O2. The number of carbonyl (C=O) groups excluding carboxylic acids is 2. The first kappa shape index (κ1) is 16.0. The number of halogens is 4. The van der Waals surface area contributed by atoms with Crippen LogP contribution in [0.1, 0.15) is 20.7 Å². The van der Waals surface area contributed by atoms with Crippen LogP contribution in [0.15, 0.2) is 24.3 Å². The Morgan fingerprint density at radius 3 is 1.29 bits per heavy atom. The van der Waals surface area contributed by atoms with Crippen LogP contribution in [0.5, 0.6) is 0 Å². The van der Waals surface area contributed by atoms with Gasteiger partial charge in [-0.15, -0.1) is 0 Å². The zero-order valence-corrected chi connectivity index (χ0v) is 13.1. The first-order valence-corrected chi connectivity index (χ1v) is 6.88. The predicted molar refractivity (Wildman–Crippen MR) is 80.3 cm³/mol. The van der Waals surface area contributed by atoms with Gasteiger partial charge in [0.05, 0.1) is 0 Å². The van der Waals surface area contributed by atoms with E-state index in [-0.39, 0.29) is 31.7 Å². The molecule has 0 saturated heterocycles. The molecule has 2 rings (SSSR count). The molecule has 0 saturated carbocycles. The highest BCUT2D eigenvalue weighted by molar-refractivity contribution is 6.34. The second-order valence-corrected chi connectivity index (χ2v) is 5.33. The van der Waals surface area contributed by atoms with Gasteiger partial charge in [0, 0.05) is 11.1 Å². The molecule has 0 aliphatic heterocycles. The predicted octanol–water partition coefficient (Wildman–Crippen LogP) is 3.66. The number of rotatable bonds is 2. The molecule has 0 spiro atoms. The topological polar surface area (TPSA) is 72.0 Å². The fourth-order valence-electron chi connectivity index (χ4n) is 1.44. The summed E-state index contributed by atoms with van der Waals surface area (Å²) in [7, 11) is 0. The summed E-state index contributed by atoms with van der Waals surface area (Å²) in [6, 6.07) is 5.12. The lowest BCUT2D eigenvalue weighted by Gasteiger charge is -2.05. The van der Waals surface area contributed by atoms with Crippen molar-refractivity contribution in [2.75, 3.05) is 0 Å². The molecule has 0 atom stereocenters. The van der Waals surface area contributed by atoms with E-state index in [1.165, 1.54) is 24.3 Å². The van der Waals surface area contributed by atoms with Crippen molar-refractivity contribution in [2.45, 2.75) is 0 Å². The van der Waals surface area contributed by atoms with E-state index in [0.717, 1.165) is 0 Å². The highest BCUT2D eigenvalue weighted by Gasteiger charge is 2.15. The molecule has 2 heterocycles. The Morgan fingerprint density at radius 1 is 0.714 bits per heavy atom. The van der Waals surface area contributed by atoms with Gasteiger partial charge >= 0.3 is 0 Å². The summed E-state index contributed by atoms with van der Waals surface area (Å²) in [4.78, 5) is 31.3. The fraction of sp³-hybridized carbons (Fsp3) is 0. The molecule has 2 aromatic heterocycles. The van der Waals surface area contributed by atoms with Crippen LogP contribution < -0.4 is 5.32 Å². The lowest BCUT2D eigenvalue weighted by atomic mass is 10.2. The highest BCUT2D eigenvalue weighted by atomic mass is 35.5.